The van der Waals surface area contributed by atoms with Crippen molar-refractivity contribution in [3.63, 3.8) is 0 Å². The number of morpholine rings is 1. The Bertz CT molecular complexity index is 742. The molecule has 2 rings (SSSR count). The number of carbonyl (C=O) groups is 3. The fourth-order valence-electron chi connectivity index (χ4n) is 2.68. The molecule has 3 amide bonds. The zero-order chi connectivity index (χ0) is 20.8. The Morgan fingerprint density at radius 3 is 2.61 bits per heavy atom. The van der Waals surface area contributed by atoms with Crippen LogP contribution >= 0.6 is 0 Å². The highest BCUT2D eigenvalue weighted by Gasteiger charge is 2.27. The number of benzene rings is 1. The molecule has 0 bridgehead atoms. The molecule has 0 unspecified atom stereocenters. The van der Waals surface area contributed by atoms with E-state index in [1.54, 1.807) is 0 Å². The molecule has 4 N–H and O–H groups in total. The molecule has 0 aromatic heterocycles. The SMILES string of the molecule is CC(C)CN[C@H](C(N)=O)C(=O)Nc1ccc(N2CCOCC2=O)cc1C(F)F. The number of primary amides is 1. The van der Waals surface area contributed by atoms with Crippen molar-refractivity contribution in [3.05, 3.63) is 23.8 Å². The topological polar surface area (TPSA) is 114 Å². The molecule has 0 radical (unpaired) electrons. The van der Waals surface area contributed by atoms with Crippen molar-refractivity contribution >= 4 is 29.1 Å². The Balaban J connectivity index is 2.23. The first-order chi connectivity index (χ1) is 13.2. The summed E-state index contributed by atoms with van der Waals surface area (Å²) in [5.74, 6) is -1.93. The number of hydrogen-bond acceptors (Lipinski definition) is 5. The largest absolute Gasteiger partial charge is 0.370 e. The van der Waals surface area contributed by atoms with Gasteiger partial charge in [0.2, 0.25) is 5.91 Å². The third-order valence-electron chi connectivity index (χ3n) is 4.10. The smallest absolute Gasteiger partial charge is 0.265 e. The highest BCUT2D eigenvalue weighted by Crippen LogP contribution is 2.32. The molecular formula is C18H24F2N4O4. The number of halogens is 2. The molecular weight excluding hydrogens is 374 g/mol. The van der Waals surface area contributed by atoms with Crippen LogP contribution in [0.25, 0.3) is 0 Å². The van der Waals surface area contributed by atoms with Crippen LogP contribution in [-0.4, -0.2) is 50.1 Å². The molecule has 0 spiro atoms. The summed E-state index contributed by atoms with van der Waals surface area (Å²) in [6.45, 7) is 4.53. The van der Waals surface area contributed by atoms with Gasteiger partial charge in [-0.3, -0.25) is 19.7 Å². The van der Waals surface area contributed by atoms with Crippen LogP contribution in [0.2, 0.25) is 0 Å². The van der Waals surface area contributed by atoms with Crippen LogP contribution in [0.15, 0.2) is 18.2 Å². The highest BCUT2D eigenvalue weighted by atomic mass is 19.3. The summed E-state index contributed by atoms with van der Waals surface area (Å²) >= 11 is 0. The maximum Gasteiger partial charge on any atom is 0.265 e. The van der Waals surface area contributed by atoms with Gasteiger partial charge in [-0.05, 0) is 30.7 Å². The van der Waals surface area contributed by atoms with Crippen LogP contribution in [0, 0.1) is 5.92 Å². The molecule has 154 valence electrons. The van der Waals surface area contributed by atoms with E-state index in [0.717, 1.165) is 6.07 Å². The average Bonchev–Trinajstić information content (AvgIpc) is 2.62. The minimum atomic E-state index is -2.90. The number of nitrogens with one attached hydrogen (secondary N) is 2. The highest BCUT2D eigenvalue weighted by molar-refractivity contribution is 6.10. The number of nitrogens with two attached hydrogens (primary N) is 1. The van der Waals surface area contributed by atoms with Crippen molar-refractivity contribution in [2.24, 2.45) is 11.7 Å². The van der Waals surface area contributed by atoms with Crippen molar-refractivity contribution in [2.45, 2.75) is 26.3 Å². The van der Waals surface area contributed by atoms with Gasteiger partial charge < -0.3 is 20.7 Å². The van der Waals surface area contributed by atoms with E-state index >= 15 is 0 Å². The first-order valence-electron chi connectivity index (χ1n) is 8.84. The number of hydrogen-bond donors (Lipinski definition) is 3. The van der Waals surface area contributed by atoms with E-state index in [-0.39, 0.29) is 36.4 Å². The average molecular weight is 398 g/mol. The summed E-state index contributed by atoms with van der Waals surface area (Å²) in [4.78, 5) is 37.2. The number of anilines is 2. The van der Waals surface area contributed by atoms with Crippen LogP contribution in [0.1, 0.15) is 25.8 Å². The Morgan fingerprint density at radius 1 is 1.32 bits per heavy atom. The third kappa shape index (κ3) is 5.46. The van der Waals surface area contributed by atoms with Crippen LogP contribution in [0.4, 0.5) is 20.2 Å². The van der Waals surface area contributed by atoms with Gasteiger partial charge in [0.1, 0.15) is 6.61 Å². The van der Waals surface area contributed by atoms with E-state index in [2.05, 4.69) is 10.6 Å². The first-order valence-corrected chi connectivity index (χ1v) is 8.84. The molecule has 1 saturated heterocycles. The fourth-order valence-corrected chi connectivity index (χ4v) is 2.68. The second-order valence-corrected chi connectivity index (χ2v) is 6.80. The quantitative estimate of drug-likeness (QED) is 0.566. The van der Waals surface area contributed by atoms with Gasteiger partial charge in [0.15, 0.2) is 6.04 Å². The molecule has 1 fully saturated rings. The summed E-state index contributed by atoms with van der Waals surface area (Å²) in [6, 6.07) is 2.52. The van der Waals surface area contributed by atoms with Gasteiger partial charge in [-0.1, -0.05) is 13.8 Å². The van der Waals surface area contributed by atoms with Crippen molar-refractivity contribution in [1.82, 2.24) is 5.32 Å². The summed E-state index contributed by atoms with van der Waals surface area (Å²) < 4.78 is 32.1. The molecule has 1 aromatic rings. The van der Waals surface area contributed by atoms with E-state index < -0.39 is 29.8 Å². The van der Waals surface area contributed by atoms with Gasteiger partial charge in [-0.15, -0.1) is 0 Å². The number of alkyl halides is 2. The molecule has 8 nitrogen and oxygen atoms in total. The summed E-state index contributed by atoms with van der Waals surface area (Å²) in [7, 11) is 0. The summed E-state index contributed by atoms with van der Waals surface area (Å²) in [5, 5.41) is 5.04. The van der Waals surface area contributed by atoms with Crippen LogP contribution in [0.5, 0.6) is 0 Å². The van der Waals surface area contributed by atoms with Crippen molar-refractivity contribution in [1.29, 1.82) is 0 Å². The predicted octanol–water partition coefficient (Wildman–Crippen LogP) is 1.03. The Hall–Kier alpha value is -2.59. The van der Waals surface area contributed by atoms with Gasteiger partial charge in [0, 0.05) is 23.5 Å². The second kappa shape index (κ2) is 9.56. The van der Waals surface area contributed by atoms with E-state index in [4.69, 9.17) is 10.5 Å². The maximum absolute atomic E-state index is 13.5. The number of ether oxygens (including phenoxy) is 1. The lowest BCUT2D eigenvalue weighted by molar-refractivity contribution is -0.128. The van der Waals surface area contributed by atoms with Crippen molar-refractivity contribution < 1.29 is 27.9 Å². The molecule has 1 aromatic carbocycles. The lowest BCUT2D eigenvalue weighted by Gasteiger charge is -2.27. The Morgan fingerprint density at radius 2 is 2.04 bits per heavy atom. The molecule has 28 heavy (non-hydrogen) atoms. The maximum atomic E-state index is 13.5. The number of amides is 3. The molecule has 1 atom stereocenters. The molecule has 1 aliphatic heterocycles. The normalized spacial score (nSPS) is 15.8. The van der Waals surface area contributed by atoms with Crippen LogP contribution in [0.3, 0.4) is 0 Å². The van der Waals surface area contributed by atoms with Crippen molar-refractivity contribution in [3.8, 4) is 0 Å². The van der Waals surface area contributed by atoms with Gasteiger partial charge in [-0.2, -0.15) is 0 Å². The monoisotopic (exact) mass is 398 g/mol. The van der Waals surface area contributed by atoms with Crippen molar-refractivity contribution in [2.75, 3.05) is 36.5 Å². The Kier molecular flexibility index (Phi) is 7.41. The minimum Gasteiger partial charge on any atom is -0.370 e. The number of rotatable bonds is 8. The van der Waals surface area contributed by atoms with Gasteiger partial charge in [0.25, 0.3) is 18.2 Å². The summed E-state index contributed by atoms with van der Waals surface area (Å²) in [6.07, 6.45) is -2.90. The minimum absolute atomic E-state index is 0.121. The van der Waals surface area contributed by atoms with Gasteiger partial charge in [0.05, 0.1) is 6.61 Å². The first kappa shape index (κ1) is 21.7. The third-order valence-corrected chi connectivity index (χ3v) is 4.10. The Labute approximate surface area is 161 Å². The fraction of sp³-hybridized carbons (Fsp3) is 0.500. The lowest BCUT2D eigenvalue weighted by atomic mass is 10.1. The van der Waals surface area contributed by atoms with E-state index in [9.17, 15) is 23.2 Å². The summed E-state index contributed by atoms with van der Waals surface area (Å²) in [5.41, 5.74) is 4.92. The van der Waals surface area contributed by atoms with Crippen LogP contribution in [-0.2, 0) is 19.1 Å². The molecule has 1 heterocycles. The molecule has 1 aliphatic rings. The molecule has 0 aliphatic carbocycles. The van der Waals surface area contributed by atoms with E-state index in [1.807, 2.05) is 13.8 Å². The lowest BCUT2D eigenvalue weighted by Crippen LogP contribution is -2.50. The molecule has 10 heteroatoms. The van der Waals surface area contributed by atoms with E-state index in [1.165, 1.54) is 17.0 Å². The van der Waals surface area contributed by atoms with E-state index in [0.29, 0.717) is 13.2 Å². The van der Waals surface area contributed by atoms with Gasteiger partial charge >= 0.3 is 0 Å². The standard InChI is InChI=1S/C18H24F2N4O4/c1-10(2)8-22-15(17(21)26)18(27)23-13-4-3-11(7-12(13)16(19)20)24-5-6-28-9-14(24)25/h3-4,7,10,15-16,22H,5-6,8-9H2,1-2H3,(H2,21,26)(H,23,27)/t15-/m1/s1. The predicted molar refractivity (Wildman–Crippen MR) is 99.0 cm³/mol. The zero-order valence-corrected chi connectivity index (χ0v) is 15.7. The molecule has 0 saturated carbocycles. The number of carbonyl (C=O) groups excluding carboxylic acids is 3. The zero-order valence-electron chi connectivity index (χ0n) is 15.7. The van der Waals surface area contributed by atoms with Crippen LogP contribution < -0.4 is 21.3 Å². The van der Waals surface area contributed by atoms with Gasteiger partial charge in [-0.25, -0.2) is 8.78 Å². The second-order valence-electron chi connectivity index (χ2n) is 6.80. The number of nitrogens with zero attached hydrogens (tertiary/aromatic N) is 1.